The molecule has 0 aromatic heterocycles. The number of aliphatic hydroxyl groups is 1. The lowest BCUT2D eigenvalue weighted by Gasteiger charge is -2.11. The molecule has 1 amide bonds. The second-order valence-corrected chi connectivity index (χ2v) is 2.58. The quantitative estimate of drug-likeness (QED) is 0.489. The van der Waals surface area contributed by atoms with Gasteiger partial charge in [0.25, 0.3) is 0 Å². The van der Waals surface area contributed by atoms with E-state index in [1.807, 2.05) is 5.32 Å². The van der Waals surface area contributed by atoms with Crippen molar-refractivity contribution >= 4 is 29.3 Å². The number of ether oxygens (including phenoxy) is 1. The molecule has 10 heavy (non-hydrogen) atoms. The van der Waals surface area contributed by atoms with Crippen molar-refractivity contribution in [3.63, 3.8) is 0 Å². The molecular weight excluding hydrogens is 181 g/mol. The van der Waals surface area contributed by atoms with Crippen LogP contribution in [0.15, 0.2) is 0 Å². The van der Waals surface area contributed by atoms with Crippen molar-refractivity contribution in [2.75, 3.05) is 7.11 Å². The van der Waals surface area contributed by atoms with E-state index >= 15 is 0 Å². The summed E-state index contributed by atoms with van der Waals surface area (Å²) in [5.41, 5.74) is 0. The Bertz CT molecular complexity index is 119. The summed E-state index contributed by atoms with van der Waals surface area (Å²) in [7, 11) is 1.17. The van der Waals surface area contributed by atoms with Crippen LogP contribution in [0, 0.1) is 0 Å². The largest absolute Gasteiger partial charge is 0.453 e. The number of alkyl carbamates (subject to hydrolysis) is 1. The van der Waals surface area contributed by atoms with Crippen LogP contribution in [0.2, 0.25) is 0 Å². The van der Waals surface area contributed by atoms with Crippen LogP contribution in [0.1, 0.15) is 0 Å². The summed E-state index contributed by atoms with van der Waals surface area (Å²) in [5.74, 6) is 0. The number of carbonyl (C=O) groups excluding carboxylic acids is 1. The van der Waals surface area contributed by atoms with Gasteiger partial charge < -0.3 is 9.84 Å². The van der Waals surface area contributed by atoms with Crippen LogP contribution in [-0.4, -0.2) is 29.4 Å². The minimum atomic E-state index is -1.30. The smallest absolute Gasteiger partial charge is 0.408 e. The third-order valence-electron chi connectivity index (χ3n) is 0.690. The summed E-state index contributed by atoms with van der Waals surface area (Å²) in [6, 6.07) is 0. The standard InChI is InChI=1S/C4H7Cl2NO3/c1-10-4(9)7-3(8)2(5)6/h2-3,8H,1H3,(H,7,9). The van der Waals surface area contributed by atoms with Gasteiger partial charge in [-0.2, -0.15) is 0 Å². The zero-order chi connectivity index (χ0) is 8.15. The lowest BCUT2D eigenvalue weighted by atomic mass is 10.6. The average Bonchev–Trinajstić information content (AvgIpc) is 1.87. The Balaban J connectivity index is 3.57. The number of rotatable bonds is 2. The fourth-order valence-electron chi connectivity index (χ4n) is 0.243. The first-order chi connectivity index (χ1) is 4.57. The van der Waals surface area contributed by atoms with Gasteiger partial charge >= 0.3 is 6.09 Å². The molecule has 0 bridgehead atoms. The van der Waals surface area contributed by atoms with Gasteiger partial charge in [-0.1, -0.05) is 0 Å². The van der Waals surface area contributed by atoms with Crippen molar-refractivity contribution in [2.24, 2.45) is 0 Å². The Labute approximate surface area is 68.1 Å². The summed E-state index contributed by atoms with van der Waals surface area (Å²) >= 11 is 10.3. The average molecular weight is 188 g/mol. The number of halogens is 2. The third-order valence-corrected chi connectivity index (χ3v) is 1.17. The van der Waals surface area contributed by atoms with Gasteiger partial charge in [0.2, 0.25) is 0 Å². The van der Waals surface area contributed by atoms with Gasteiger partial charge in [0.15, 0.2) is 11.1 Å². The Hall–Kier alpha value is -0.190. The van der Waals surface area contributed by atoms with Crippen molar-refractivity contribution in [1.29, 1.82) is 0 Å². The fourth-order valence-corrected chi connectivity index (χ4v) is 0.369. The van der Waals surface area contributed by atoms with Gasteiger partial charge in [0.05, 0.1) is 7.11 Å². The Morgan fingerprint density at radius 1 is 1.70 bits per heavy atom. The molecule has 0 rings (SSSR count). The Morgan fingerprint density at radius 2 is 2.20 bits per heavy atom. The molecule has 0 aromatic carbocycles. The van der Waals surface area contributed by atoms with E-state index in [0.717, 1.165) is 0 Å². The zero-order valence-electron chi connectivity index (χ0n) is 5.17. The van der Waals surface area contributed by atoms with Gasteiger partial charge in [-0.3, -0.25) is 5.32 Å². The zero-order valence-corrected chi connectivity index (χ0v) is 6.69. The molecule has 0 radical (unpaired) electrons. The number of aliphatic hydroxyl groups excluding tert-OH is 1. The minimum Gasteiger partial charge on any atom is -0.453 e. The van der Waals surface area contributed by atoms with Crippen molar-refractivity contribution in [3.05, 3.63) is 0 Å². The maximum absolute atomic E-state index is 10.3. The van der Waals surface area contributed by atoms with Crippen molar-refractivity contribution in [3.8, 4) is 0 Å². The Morgan fingerprint density at radius 3 is 2.50 bits per heavy atom. The van der Waals surface area contributed by atoms with Gasteiger partial charge in [-0.15, -0.1) is 23.2 Å². The molecule has 0 aliphatic carbocycles. The lowest BCUT2D eigenvalue weighted by Crippen LogP contribution is -2.38. The van der Waals surface area contributed by atoms with E-state index in [2.05, 4.69) is 4.74 Å². The highest BCUT2D eigenvalue weighted by molar-refractivity contribution is 6.44. The number of hydrogen-bond donors (Lipinski definition) is 2. The number of hydrogen-bond acceptors (Lipinski definition) is 3. The van der Waals surface area contributed by atoms with Crippen LogP contribution in [-0.2, 0) is 4.74 Å². The molecular formula is C4H7Cl2NO3. The maximum Gasteiger partial charge on any atom is 0.408 e. The molecule has 60 valence electrons. The highest BCUT2D eigenvalue weighted by atomic mass is 35.5. The molecule has 0 aromatic rings. The third kappa shape index (κ3) is 3.76. The van der Waals surface area contributed by atoms with Crippen LogP contribution in [0.25, 0.3) is 0 Å². The first-order valence-electron chi connectivity index (χ1n) is 2.38. The van der Waals surface area contributed by atoms with E-state index in [-0.39, 0.29) is 0 Å². The predicted molar refractivity (Wildman–Crippen MR) is 37.0 cm³/mol. The number of carbonyl (C=O) groups is 1. The highest BCUT2D eigenvalue weighted by Gasteiger charge is 2.15. The van der Waals surface area contributed by atoms with E-state index in [9.17, 15) is 4.79 Å². The second-order valence-electron chi connectivity index (χ2n) is 1.42. The van der Waals surface area contributed by atoms with Crippen LogP contribution < -0.4 is 5.32 Å². The first-order valence-corrected chi connectivity index (χ1v) is 3.26. The first kappa shape index (κ1) is 9.81. The summed E-state index contributed by atoms with van der Waals surface area (Å²) in [4.78, 5) is 9.26. The van der Waals surface area contributed by atoms with Crippen molar-refractivity contribution in [2.45, 2.75) is 11.1 Å². The number of alkyl halides is 2. The molecule has 0 heterocycles. The van der Waals surface area contributed by atoms with Gasteiger partial charge in [0, 0.05) is 0 Å². The predicted octanol–water partition coefficient (Wildman–Crippen LogP) is 0.464. The van der Waals surface area contributed by atoms with E-state index in [1.165, 1.54) is 7.11 Å². The van der Waals surface area contributed by atoms with E-state index in [4.69, 9.17) is 28.3 Å². The SMILES string of the molecule is COC(=O)NC(O)C(Cl)Cl. The Kier molecular flexibility index (Phi) is 4.51. The number of methoxy groups -OCH3 is 1. The second kappa shape index (κ2) is 4.60. The molecule has 0 fully saturated rings. The molecule has 4 nitrogen and oxygen atoms in total. The van der Waals surface area contributed by atoms with Crippen molar-refractivity contribution < 1.29 is 14.6 Å². The summed E-state index contributed by atoms with van der Waals surface area (Å²) < 4.78 is 4.14. The topological polar surface area (TPSA) is 58.6 Å². The van der Waals surface area contributed by atoms with Gasteiger partial charge in [0.1, 0.15) is 0 Å². The fraction of sp³-hybridized carbons (Fsp3) is 0.750. The van der Waals surface area contributed by atoms with Crippen LogP contribution in [0.5, 0.6) is 0 Å². The van der Waals surface area contributed by atoms with Gasteiger partial charge in [-0.05, 0) is 0 Å². The molecule has 0 aliphatic heterocycles. The highest BCUT2D eigenvalue weighted by Crippen LogP contribution is 2.04. The molecule has 0 saturated carbocycles. The van der Waals surface area contributed by atoms with Crippen LogP contribution >= 0.6 is 23.2 Å². The monoisotopic (exact) mass is 187 g/mol. The van der Waals surface area contributed by atoms with Crippen LogP contribution in [0.4, 0.5) is 4.79 Å². The van der Waals surface area contributed by atoms with Gasteiger partial charge in [-0.25, -0.2) is 4.79 Å². The number of nitrogens with one attached hydrogen (secondary N) is 1. The lowest BCUT2D eigenvalue weighted by molar-refractivity contribution is 0.118. The van der Waals surface area contributed by atoms with E-state index < -0.39 is 17.2 Å². The van der Waals surface area contributed by atoms with Crippen molar-refractivity contribution in [1.82, 2.24) is 5.32 Å². The minimum absolute atomic E-state index is 0.779. The van der Waals surface area contributed by atoms with Crippen LogP contribution in [0.3, 0.4) is 0 Å². The molecule has 0 spiro atoms. The molecule has 2 N–H and O–H groups in total. The van der Waals surface area contributed by atoms with E-state index in [1.54, 1.807) is 0 Å². The summed E-state index contributed by atoms with van der Waals surface area (Å²) in [5, 5.41) is 10.7. The molecule has 1 unspecified atom stereocenters. The summed E-state index contributed by atoms with van der Waals surface area (Å²) in [6.07, 6.45) is -2.07. The molecule has 1 atom stereocenters. The molecule has 6 heteroatoms. The molecule has 0 saturated heterocycles. The molecule has 0 aliphatic rings. The summed E-state index contributed by atoms with van der Waals surface area (Å²) in [6.45, 7) is 0. The van der Waals surface area contributed by atoms with E-state index in [0.29, 0.717) is 0 Å². The normalized spacial score (nSPS) is 12.9. The number of amides is 1. The maximum atomic E-state index is 10.3.